The number of carbonyl (C=O) groups excluding carboxylic acids is 4. The fourth-order valence-corrected chi connectivity index (χ4v) is 25.2. The molecule has 4 saturated heterocycles. The lowest BCUT2D eigenvalue weighted by molar-refractivity contribution is -0.135. The molecule has 12 aromatic rings. The molecule has 798 valence electrons. The summed E-state index contributed by atoms with van der Waals surface area (Å²) in [5, 5.41) is 86.4. The van der Waals surface area contributed by atoms with Crippen molar-refractivity contribution < 1.29 is 116 Å². The van der Waals surface area contributed by atoms with Crippen molar-refractivity contribution in [3.8, 4) is 74.3 Å². The third-order valence-electron chi connectivity index (χ3n) is 26.1. The minimum atomic E-state index is -4.10. The topological polar surface area (TPSA) is 598 Å². The van der Waals surface area contributed by atoms with Crippen molar-refractivity contribution in [3.63, 3.8) is 0 Å². The Balaban J connectivity index is 0.000000166. The summed E-state index contributed by atoms with van der Waals surface area (Å²) in [7, 11) is -11.6. The number of sulfone groups is 4. The highest BCUT2D eigenvalue weighted by Gasteiger charge is 2.57. The maximum Gasteiger partial charge on any atom is 0.265 e. The van der Waals surface area contributed by atoms with Crippen LogP contribution in [0.1, 0.15) is 88.2 Å². The lowest BCUT2D eigenvalue weighted by Gasteiger charge is -2.39. The molecule has 4 fully saturated rings. The van der Waals surface area contributed by atoms with Crippen LogP contribution in [0, 0.1) is 13.8 Å². The minimum Gasteiger partial charge on any atom is -0.497 e. The molecule has 0 radical (unpaired) electrons. The number of methoxy groups -OCH3 is 3. The van der Waals surface area contributed by atoms with Gasteiger partial charge in [0.25, 0.3) is 23.6 Å². The van der Waals surface area contributed by atoms with E-state index in [0.29, 0.717) is 182 Å². The van der Waals surface area contributed by atoms with Crippen LogP contribution in [0.3, 0.4) is 0 Å². The average Bonchev–Trinajstić information content (AvgIpc) is 1.63. The van der Waals surface area contributed by atoms with Gasteiger partial charge in [-0.2, -0.15) is 9.59 Å². The van der Waals surface area contributed by atoms with E-state index < -0.39 is 82.0 Å². The number of aryl methyl sites for hydroxylation is 6. The van der Waals surface area contributed by atoms with Gasteiger partial charge in [-0.15, -0.1) is 30.6 Å². The normalized spacial score (nSPS) is 15.5. The number of hydrogen-bond acceptors (Lipinski definition) is 39. The van der Waals surface area contributed by atoms with Gasteiger partial charge in [-0.1, -0.05) is 66.2 Å². The molecular weight excluding hydrogens is 2040 g/mol. The van der Waals surface area contributed by atoms with Crippen LogP contribution in [0.5, 0.6) is 28.7 Å². The molecule has 47 nitrogen and oxygen atoms in total. The van der Waals surface area contributed by atoms with Gasteiger partial charge in [0.15, 0.2) is 70.0 Å². The van der Waals surface area contributed by atoms with E-state index in [9.17, 15) is 63.3 Å². The number of hydroxylamine groups is 4. The molecule has 4 amide bonds. The zero-order valence-corrected chi connectivity index (χ0v) is 86.5. The largest absolute Gasteiger partial charge is 0.497 e. The van der Waals surface area contributed by atoms with Gasteiger partial charge >= 0.3 is 0 Å². The minimum absolute atomic E-state index is 0.000483. The van der Waals surface area contributed by atoms with E-state index in [1.807, 2.05) is 102 Å². The van der Waals surface area contributed by atoms with Crippen LogP contribution in [-0.4, -0.2) is 314 Å². The van der Waals surface area contributed by atoms with Crippen molar-refractivity contribution in [3.05, 3.63) is 210 Å². The molecule has 8 aromatic carbocycles. The Morgan fingerprint density at radius 1 is 0.356 bits per heavy atom. The fourth-order valence-electron chi connectivity index (χ4n) is 17.2. The van der Waals surface area contributed by atoms with Gasteiger partial charge in [0, 0.05) is 146 Å². The van der Waals surface area contributed by atoms with Crippen molar-refractivity contribution >= 4 is 74.6 Å². The second-order valence-electron chi connectivity index (χ2n) is 35.1. The van der Waals surface area contributed by atoms with Crippen molar-refractivity contribution in [2.75, 3.05) is 127 Å². The second-order valence-corrected chi connectivity index (χ2v) is 44.6. The first kappa shape index (κ1) is 113. The Hall–Kier alpha value is -13.4. The number of nitrogens with zero attached hydrogens (tertiary/aromatic N) is 18. The number of carbonyl (C=O) groups is 4. The summed E-state index contributed by atoms with van der Waals surface area (Å²) in [4.78, 5) is 57.0. The summed E-state index contributed by atoms with van der Waals surface area (Å²) in [5.41, 5.74) is 12.0. The maximum atomic E-state index is 13.6. The fraction of sp³-hybridized carbons (Fsp3) is 0.423. The maximum absolute atomic E-state index is 13.6. The standard InChI is InChI=1S/C27H36N6O6S.C25H31ClN6O6S.C23H27N5O7S.C22H25N5O6S/c1-20-5-6-22(19-21(20)2)25-28-31-33(29-25)13-4-17-39-23-7-9-24(10-8-23)40(36,37)27(26(34)30-35)11-14-32(15-12-27)16-18-38-3;1-37-17-15-31-13-10-25(11-14-31,24(33)29-34)39(35,36)22-8-6-21(7-9-22)38-16-3-12-32-28-23(27-30-32)19-4-2-5-20(26)18-19;1-33-18-5-3-17(4-6-18)21-24-26-27-28(21)13-2-14-35-19-7-9-20(10-8-19)36(31,32)23(22(29)25-30)11-15-34-16-12-23;28-21(24-29)22(11-15-32-16-12-22)34(30,31)19-9-7-18(8-10-19)33-14-4-13-27-20(23-25-26-27)17-5-2-1-3-6-17/h5-10,19,35H,4,11-18H2,1-3H3,(H,30,34);2,4-9,18,34H,3,10-17H2,1H3,(H,29,33);3-10,30H,2,11-16H2,1H3,(H,25,29);1-3,5-10,29H,4,11-16H2,(H,24,28). The first-order valence-corrected chi connectivity index (χ1v) is 54.1. The molecule has 0 unspecified atom stereocenters. The average molecular weight is 2160 g/mol. The van der Waals surface area contributed by atoms with Crippen LogP contribution in [0.4, 0.5) is 0 Å². The predicted octanol–water partition coefficient (Wildman–Crippen LogP) is 7.69. The third-order valence-corrected chi connectivity index (χ3v) is 36.4. The van der Waals surface area contributed by atoms with E-state index >= 15 is 0 Å². The molecule has 4 aromatic heterocycles. The molecule has 16 rings (SSSR count). The third kappa shape index (κ3) is 27.1. The number of nitrogens with one attached hydrogen (secondary N) is 4. The summed E-state index contributed by atoms with van der Waals surface area (Å²) < 4.78 is 153. The number of halogens is 1. The number of tetrazole rings is 4. The number of rotatable bonds is 43. The number of benzene rings is 8. The molecule has 52 heteroatoms. The first-order chi connectivity index (χ1) is 71.9. The van der Waals surface area contributed by atoms with E-state index in [2.05, 4.69) is 68.8 Å². The number of hydrogen-bond donors (Lipinski definition) is 8. The summed E-state index contributed by atoms with van der Waals surface area (Å²) in [6, 6.07) is 54.0. The molecular formula is C97H119ClN22O25S4. The van der Waals surface area contributed by atoms with Gasteiger partial charge in [-0.25, -0.2) is 65.0 Å². The molecule has 0 atom stereocenters. The van der Waals surface area contributed by atoms with Crippen molar-refractivity contribution in [1.82, 2.24) is 113 Å². The van der Waals surface area contributed by atoms with Crippen LogP contribution in [0.25, 0.3) is 45.6 Å². The highest BCUT2D eigenvalue weighted by Crippen LogP contribution is 2.42. The van der Waals surface area contributed by atoms with Crippen molar-refractivity contribution in [1.29, 1.82) is 0 Å². The van der Waals surface area contributed by atoms with Gasteiger partial charge in [-0.05, 0) is 247 Å². The Labute approximate surface area is 865 Å². The molecule has 149 heavy (non-hydrogen) atoms. The van der Waals surface area contributed by atoms with Gasteiger partial charge in [-0.3, -0.25) is 40.0 Å². The first-order valence-electron chi connectivity index (χ1n) is 47.8. The van der Waals surface area contributed by atoms with E-state index in [4.69, 9.17) is 64.6 Å². The number of likely N-dealkylation sites (tertiary alicyclic amines) is 2. The van der Waals surface area contributed by atoms with E-state index in [1.165, 1.54) is 86.8 Å². The second kappa shape index (κ2) is 52.7. The van der Waals surface area contributed by atoms with Crippen LogP contribution >= 0.6 is 11.6 Å². The molecule has 0 saturated carbocycles. The zero-order valence-electron chi connectivity index (χ0n) is 82.5. The van der Waals surface area contributed by atoms with Gasteiger partial charge in [0.2, 0.25) is 11.6 Å². The van der Waals surface area contributed by atoms with Crippen LogP contribution < -0.4 is 45.6 Å². The lowest BCUT2D eigenvalue weighted by atomic mass is 9.95. The SMILES string of the molecule is COCCN1CCC(C(=O)NO)(S(=O)(=O)c2ccc(OCCCn3nnc(-c4ccc(C)c(C)c4)n3)cc2)CC1.COCCN1CCC(C(=O)NO)(S(=O)(=O)c2ccc(OCCCn3nnc(-c4cccc(Cl)c4)n3)cc2)CC1.COc1ccc(-c2nnnn2CCCOc2ccc(S(=O)(=O)C3(C(=O)NO)CCOCC3)cc2)cc1.O=C(NO)C1(S(=O)(=O)c2ccc(OCCCn3nnnc3-c3ccccc3)cc2)CCOCC1. The lowest BCUT2D eigenvalue weighted by Crippen LogP contribution is -2.57. The molecule has 8 heterocycles. The summed E-state index contributed by atoms with van der Waals surface area (Å²) in [5.74, 6) is 1.28. The molecule has 0 spiro atoms. The van der Waals surface area contributed by atoms with Gasteiger partial charge in [0.05, 0.1) is 79.4 Å². The Kier molecular flexibility index (Phi) is 39.9. The van der Waals surface area contributed by atoms with Gasteiger partial charge in [0.1, 0.15) is 28.7 Å². The number of ether oxygens (including phenoxy) is 9. The predicted molar refractivity (Wildman–Crippen MR) is 535 cm³/mol. The van der Waals surface area contributed by atoms with Crippen LogP contribution in [0.2, 0.25) is 5.02 Å². The highest BCUT2D eigenvalue weighted by molar-refractivity contribution is 7.94. The molecule has 4 aliphatic rings. The molecule has 8 N–H and O–H groups in total. The monoisotopic (exact) mass is 2150 g/mol. The highest BCUT2D eigenvalue weighted by atomic mass is 35.5. The zero-order chi connectivity index (χ0) is 106. The van der Waals surface area contributed by atoms with Crippen molar-refractivity contribution in [2.45, 2.75) is 156 Å². The van der Waals surface area contributed by atoms with Crippen LogP contribution in [-0.2, 0) is 104 Å². The molecule has 4 aliphatic heterocycles. The number of amides is 4. The smallest absolute Gasteiger partial charge is 0.265 e. The molecule has 0 bridgehead atoms. The van der Waals surface area contributed by atoms with Crippen LogP contribution in [0.15, 0.2) is 214 Å². The quantitative estimate of drug-likeness (QED) is 0.0103. The Morgan fingerprint density at radius 2 is 0.678 bits per heavy atom. The number of aromatic nitrogens is 16. The summed E-state index contributed by atoms with van der Waals surface area (Å²) in [6.45, 7) is 11.8. The molecule has 0 aliphatic carbocycles. The Bertz CT molecular complexity index is 6880. The summed E-state index contributed by atoms with van der Waals surface area (Å²) in [6.07, 6.45) is 2.50. The number of piperidine rings is 2. The van der Waals surface area contributed by atoms with E-state index in [-0.39, 0.29) is 97.4 Å². The Morgan fingerprint density at radius 3 is 1.01 bits per heavy atom. The van der Waals surface area contributed by atoms with Crippen molar-refractivity contribution in [2.24, 2.45) is 0 Å². The van der Waals surface area contributed by atoms with E-state index in [1.54, 1.807) is 90.2 Å². The van der Waals surface area contributed by atoms with E-state index in [0.717, 1.165) is 33.6 Å². The van der Waals surface area contributed by atoms with Gasteiger partial charge < -0.3 is 52.4 Å². The summed E-state index contributed by atoms with van der Waals surface area (Å²) >= 11 is 6.02.